The molecule has 0 N–H and O–H groups in total. The van der Waals surface area contributed by atoms with Gasteiger partial charge in [0, 0.05) is 10.9 Å². The number of hydrogen-bond donors (Lipinski definition) is 0. The number of fused-ring (bicyclic) bond motifs is 7. The third-order valence-electron chi connectivity index (χ3n) is 8.60. The topological polar surface area (TPSA) is 25.5 Å². The predicted octanol–water partition coefficient (Wildman–Crippen LogP) is 9.40. The van der Waals surface area contributed by atoms with Crippen molar-refractivity contribution in [3.63, 3.8) is 0 Å². The van der Waals surface area contributed by atoms with Crippen molar-refractivity contribution < 1.29 is 4.57 Å². The highest BCUT2D eigenvalue weighted by Gasteiger charge is 2.29. The lowest BCUT2D eigenvalue weighted by molar-refractivity contribution is -0.646. The number of benzene rings is 4. The number of aromatic nitrogens is 3. The Kier molecular flexibility index (Phi) is 5.27. The molecule has 0 aliphatic rings. The van der Waals surface area contributed by atoms with E-state index in [9.17, 15) is 0 Å². The SMILES string of the molecule is [C-]#[N+]c1cccc2c1c1ccc3nc[n+](C)c4c5c(C)c6cc(CC(C)(C)C)ccc6c(CC(C)(C)C)c5n2c1c34. The molecule has 3 heterocycles. The van der Waals surface area contributed by atoms with E-state index in [2.05, 4.69) is 106 Å². The van der Waals surface area contributed by atoms with Crippen LogP contribution < -0.4 is 4.57 Å². The smallest absolute Gasteiger partial charge is 0.287 e. The first-order valence-corrected chi connectivity index (χ1v) is 14.6. The van der Waals surface area contributed by atoms with Crippen LogP contribution >= 0.6 is 0 Å². The second kappa shape index (κ2) is 8.40. The first kappa shape index (κ1) is 25.7. The summed E-state index contributed by atoms with van der Waals surface area (Å²) in [6.45, 7) is 24.2. The van der Waals surface area contributed by atoms with E-state index in [1.54, 1.807) is 0 Å². The molecule has 0 aliphatic heterocycles. The largest absolute Gasteiger partial charge is 0.309 e. The van der Waals surface area contributed by atoms with Crippen LogP contribution in [0.4, 0.5) is 5.69 Å². The van der Waals surface area contributed by atoms with Crippen LogP contribution in [-0.2, 0) is 19.9 Å². The van der Waals surface area contributed by atoms with Gasteiger partial charge in [-0.05, 0) is 86.6 Å². The molecular weight excluding hydrogens is 500 g/mol. The zero-order chi connectivity index (χ0) is 29.0. The third-order valence-corrected chi connectivity index (χ3v) is 8.60. The fraction of sp³-hybridized carbons (Fsp3) is 0.324. The Morgan fingerprint density at radius 2 is 1.56 bits per heavy atom. The van der Waals surface area contributed by atoms with E-state index in [1.807, 2.05) is 18.5 Å². The van der Waals surface area contributed by atoms with E-state index >= 15 is 0 Å². The van der Waals surface area contributed by atoms with Gasteiger partial charge in [-0.25, -0.2) is 9.41 Å². The molecule has 3 aromatic heterocycles. The van der Waals surface area contributed by atoms with E-state index in [-0.39, 0.29) is 10.8 Å². The number of pyridine rings is 1. The van der Waals surface area contributed by atoms with Crippen LogP contribution in [0.2, 0.25) is 0 Å². The first-order chi connectivity index (χ1) is 19.4. The van der Waals surface area contributed by atoms with Gasteiger partial charge in [0.25, 0.3) is 6.33 Å². The Hall–Kier alpha value is -4.23. The highest BCUT2D eigenvalue weighted by molar-refractivity contribution is 6.30. The minimum atomic E-state index is 0.0799. The van der Waals surface area contributed by atoms with Crippen LogP contribution in [0.15, 0.2) is 54.9 Å². The van der Waals surface area contributed by atoms with Crippen molar-refractivity contribution in [3.8, 4) is 0 Å². The molecule has 0 unspecified atom stereocenters. The van der Waals surface area contributed by atoms with Gasteiger partial charge in [-0.2, -0.15) is 0 Å². The number of hydrogen-bond acceptors (Lipinski definition) is 1. The fourth-order valence-corrected chi connectivity index (χ4v) is 7.20. The molecule has 0 saturated heterocycles. The van der Waals surface area contributed by atoms with E-state index in [4.69, 9.17) is 11.6 Å². The molecule has 4 aromatic carbocycles. The number of rotatable bonds is 2. The number of nitrogens with zero attached hydrogens (tertiary/aromatic N) is 4. The van der Waals surface area contributed by atoms with Crippen molar-refractivity contribution in [2.45, 2.75) is 61.3 Å². The lowest BCUT2D eigenvalue weighted by atomic mass is 9.82. The van der Waals surface area contributed by atoms with Crippen LogP contribution in [0, 0.1) is 24.3 Å². The second-order valence-electron chi connectivity index (χ2n) is 14.4. The number of aryl methyl sites for hydroxylation is 2. The summed E-state index contributed by atoms with van der Waals surface area (Å²) in [5.74, 6) is 0. The van der Waals surface area contributed by atoms with Gasteiger partial charge in [0.2, 0.25) is 0 Å². The summed E-state index contributed by atoms with van der Waals surface area (Å²) >= 11 is 0. The molecule has 0 saturated carbocycles. The quantitative estimate of drug-likeness (QED) is 0.0933. The maximum Gasteiger partial charge on any atom is 0.287 e. The van der Waals surface area contributed by atoms with Gasteiger partial charge in [-0.15, -0.1) is 0 Å². The Labute approximate surface area is 241 Å². The van der Waals surface area contributed by atoms with E-state index < -0.39 is 0 Å². The summed E-state index contributed by atoms with van der Waals surface area (Å²) in [5.41, 5.74) is 10.8. The zero-order valence-electron chi connectivity index (χ0n) is 25.4. The second-order valence-corrected chi connectivity index (χ2v) is 14.4. The van der Waals surface area contributed by atoms with Crippen molar-refractivity contribution in [2.24, 2.45) is 17.9 Å². The summed E-state index contributed by atoms with van der Waals surface area (Å²) < 4.78 is 4.68. The van der Waals surface area contributed by atoms with Crippen LogP contribution in [0.1, 0.15) is 58.2 Å². The van der Waals surface area contributed by atoms with E-state index in [0.29, 0.717) is 5.69 Å². The molecule has 0 radical (unpaired) electrons. The molecule has 0 spiro atoms. The molecule has 0 fully saturated rings. The van der Waals surface area contributed by atoms with Crippen molar-refractivity contribution in [2.75, 3.05) is 0 Å². The van der Waals surface area contributed by atoms with E-state index in [1.165, 1.54) is 49.3 Å². The molecule has 7 aromatic rings. The van der Waals surface area contributed by atoms with E-state index in [0.717, 1.165) is 40.2 Å². The molecule has 4 nitrogen and oxygen atoms in total. The third kappa shape index (κ3) is 3.72. The highest BCUT2D eigenvalue weighted by Crippen LogP contribution is 2.46. The lowest BCUT2D eigenvalue weighted by Gasteiger charge is -2.25. The Morgan fingerprint density at radius 1 is 0.829 bits per heavy atom. The van der Waals surface area contributed by atoms with Crippen molar-refractivity contribution in [3.05, 3.63) is 83.0 Å². The standard InChI is InChI=1S/C37H37N4/c1-21-25-17-22(18-36(2,3)4)13-14-23(25)26(19-37(5,6)7)34-30(21)35-32-28(39-20-40(35)9)16-15-24-31-27(38-8)11-10-12-29(31)41(34)33(24)32/h10-17,20H,18-19H2,1-7,9H3/q+1. The summed E-state index contributed by atoms with van der Waals surface area (Å²) in [4.78, 5) is 8.84. The molecule has 7 rings (SSSR count). The van der Waals surface area contributed by atoms with Gasteiger partial charge in [0.05, 0.1) is 35.4 Å². The van der Waals surface area contributed by atoms with Gasteiger partial charge in [-0.1, -0.05) is 71.9 Å². The monoisotopic (exact) mass is 537 g/mol. The molecule has 0 aliphatic carbocycles. The zero-order valence-corrected chi connectivity index (χ0v) is 25.4. The molecule has 41 heavy (non-hydrogen) atoms. The predicted molar refractivity (Wildman–Crippen MR) is 172 cm³/mol. The van der Waals surface area contributed by atoms with Gasteiger partial charge < -0.3 is 4.40 Å². The molecule has 204 valence electrons. The molecule has 4 heteroatoms. The normalized spacial score (nSPS) is 13.0. The Morgan fingerprint density at radius 3 is 2.27 bits per heavy atom. The minimum absolute atomic E-state index is 0.0799. The van der Waals surface area contributed by atoms with Crippen molar-refractivity contribution in [1.82, 2.24) is 9.38 Å². The van der Waals surface area contributed by atoms with Gasteiger partial charge in [0.1, 0.15) is 5.52 Å². The average Bonchev–Trinajstić information content (AvgIpc) is 3.24. The summed E-state index contributed by atoms with van der Waals surface area (Å²) in [7, 11) is 2.12. The van der Waals surface area contributed by atoms with Gasteiger partial charge >= 0.3 is 0 Å². The molecule has 0 amide bonds. The highest BCUT2D eigenvalue weighted by atomic mass is 15.0. The van der Waals surface area contributed by atoms with Crippen molar-refractivity contribution in [1.29, 1.82) is 0 Å². The first-order valence-electron chi connectivity index (χ1n) is 14.6. The Balaban J connectivity index is 1.84. The van der Waals surface area contributed by atoms with Crippen LogP contribution in [0.5, 0.6) is 0 Å². The van der Waals surface area contributed by atoms with Gasteiger partial charge in [-0.3, -0.25) is 0 Å². The van der Waals surface area contributed by atoms with Crippen LogP contribution in [0.3, 0.4) is 0 Å². The summed E-state index contributed by atoms with van der Waals surface area (Å²) in [6, 6.07) is 17.6. The molecule has 0 atom stereocenters. The summed E-state index contributed by atoms with van der Waals surface area (Å²) in [6.07, 6.45) is 3.93. The van der Waals surface area contributed by atoms with Crippen molar-refractivity contribution >= 4 is 65.6 Å². The Bertz CT molecular complexity index is 2250. The lowest BCUT2D eigenvalue weighted by Crippen LogP contribution is -2.30. The van der Waals surface area contributed by atoms with Gasteiger partial charge in [0.15, 0.2) is 11.2 Å². The maximum atomic E-state index is 8.01. The molecular formula is C37H37N4+. The minimum Gasteiger partial charge on any atom is -0.309 e. The fourth-order valence-electron chi connectivity index (χ4n) is 7.20. The average molecular weight is 538 g/mol. The van der Waals surface area contributed by atoms with Crippen LogP contribution in [0.25, 0.3) is 64.7 Å². The van der Waals surface area contributed by atoms with Crippen LogP contribution in [-0.4, -0.2) is 9.38 Å². The molecule has 0 bridgehead atoms. The summed E-state index contributed by atoms with van der Waals surface area (Å²) in [5, 5.41) is 7.28. The maximum absolute atomic E-state index is 8.01.